The van der Waals surface area contributed by atoms with E-state index in [4.69, 9.17) is 0 Å². The smallest absolute Gasteiger partial charge is 0.134 e. The van der Waals surface area contributed by atoms with Crippen LogP contribution in [0.3, 0.4) is 0 Å². The van der Waals surface area contributed by atoms with Gasteiger partial charge in [-0.2, -0.15) is 0 Å². The molecule has 0 heterocycles. The van der Waals surface area contributed by atoms with Crippen LogP contribution in [0.1, 0.15) is 0 Å². The molecule has 0 aliphatic carbocycles. The van der Waals surface area contributed by atoms with Crippen molar-refractivity contribution in [2.75, 3.05) is 6.54 Å². The molecule has 7 heavy (non-hydrogen) atoms. The maximum Gasteiger partial charge on any atom is 0.134 e. The van der Waals surface area contributed by atoms with Gasteiger partial charge in [0.05, 0.1) is 6.54 Å². The van der Waals surface area contributed by atoms with Crippen molar-refractivity contribution in [3.8, 4) is 12.3 Å². The number of carboxylic acid groups (broad SMARTS) is 1. The van der Waals surface area contributed by atoms with Crippen LogP contribution in [0.4, 0.5) is 4.79 Å². The van der Waals surface area contributed by atoms with Crippen LogP contribution >= 0.6 is 0 Å². The summed E-state index contributed by atoms with van der Waals surface area (Å²) in [6, 6.07) is 0. The van der Waals surface area contributed by atoms with Crippen molar-refractivity contribution in [2.24, 2.45) is 0 Å². The summed E-state index contributed by atoms with van der Waals surface area (Å²) in [6.07, 6.45) is 3.34. The summed E-state index contributed by atoms with van der Waals surface area (Å²) in [6.45, 7) is 0.0162. The molecular formula is C4H4NO2-. The number of hydrogen-bond acceptors (Lipinski definition) is 2. The van der Waals surface area contributed by atoms with E-state index >= 15 is 0 Å². The summed E-state index contributed by atoms with van der Waals surface area (Å²) in [5.41, 5.74) is 0. The van der Waals surface area contributed by atoms with E-state index in [-0.39, 0.29) is 6.54 Å². The van der Waals surface area contributed by atoms with Gasteiger partial charge in [0.2, 0.25) is 0 Å². The highest BCUT2D eigenvalue weighted by atomic mass is 16.4. The van der Waals surface area contributed by atoms with Crippen molar-refractivity contribution in [1.29, 1.82) is 0 Å². The molecule has 3 nitrogen and oxygen atoms in total. The lowest BCUT2D eigenvalue weighted by Crippen LogP contribution is -2.36. The zero-order valence-corrected chi connectivity index (χ0v) is 3.60. The lowest BCUT2D eigenvalue weighted by atomic mass is 10.7. The first-order valence-corrected chi connectivity index (χ1v) is 1.65. The van der Waals surface area contributed by atoms with Crippen LogP contribution in [0.5, 0.6) is 0 Å². The monoisotopic (exact) mass is 98.0 g/mol. The van der Waals surface area contributed by atoms with E-state index in [2.05, 4.69) is 12.3 Å². The van der Waals surface area contributed by atoms with Crippen LogP contribution in [-0.4, -0.2) is 12.6 Å². The van der Waals surface area contributed by atoms with E-state index in [1.54, 1.807) is 0 Å². The molecular weight excluding hydrogens is 94.0 g/mol. The number of nitrogens with one attached hydrogen (secondary N) is 1. The Bertz CT molecular complexity index is 103. The Kier molecular flexibility index (Phi) is 2.53. The van der Waals surface area contributed by atoms with Crippen LogP contribution in [0, 0.1) is 12.3 Å². The largest absolute Gasteiger partial charge is 0.530 e. The number of carbonyl (C=O) groups is 1. The fourth-order valence-electron chi connectivity index (χ4n) is 0.123. The lowest BCUT2D eigenvalue weighted by molar-refractivity contribution is -0.250. The molecule has 0 saturated heterocycles. The van der Waals surface area contributed by atoms with E-state index in [1.807, 2.05) is 5.32 Å². The van der Waals surface area contributed by atoms with E-state index in [9.17, 15) is 9.90 Å². The summed E-state index contributed by atoms with van der Waals surface area (Å²) in [4.78, 5) is 9.44. The molecule has 0 aliphatic heterocycles. The molecule has 0 bridgehead atoms. The minimum absolute atomic E-state index is 0.0162. The van der Waals surface area contributed by atoms with Gasteiger partial charge in [0.15, 0.2) is 0 Å². The molecule has 0 aromatic heterocycles. The molecule has 0 aromatic carbocycles. The third-order valence-electron chi connectivity index (χ3n) is 0.335. The van der Waals surface area contributed by atoms with Crippen LogP contribution < -0.4 is 10.4 Å². The minimum atomic E-state index is -1.34. The van der Waals surface area contributed by atoms with Gasteiger partial charge in [-0.1, -0.05) is 5.92 Å². The Morgan fingerprint density at radius 2 is 2.57 bits per heavy atom. The fraction of sp³-hybridized carbons (Fsp3) is 0.250. The van der Waals surface area contributed by atoms with Gasteiger partial charge in [-0.05, 0) is 0 Å². The van der Waals surface area contributed by atoms with Crippen molar-refractivity contribution in [2.45, 2.75) is 0 Å². The predicted molar refractivity (Wildman–Crippen MR) is 22.2 cm³/mol. The summed E-state index contributed by atoms with van der Waals surface area (Å²) in [5.74, 6) is 2.07. The first kappa shape index (κ1) is 5.83. The quantitative estimate of drug-likeness (QED) is 0.408. The maximum atomic E-state index is 9.44. The van der Waals surface area contributed by atoms with E-state index < -0.39 is 6.09 Å². The molecule has 0 atom stereocenters. The van der Waals surface area contributed by atoms with Gasteiger partial charge in [0, 0.05) is 0 Å². The van der Waals surface area contributed by atoms with Gasteiger partial charge >= 0.3 is 0 Å². The molecule has 1 amide bonds. The molecule has 0 fully saturated rings. The number of terminal acetylenes is 1. The lowest BCUT2D eigenvalue weighted by Gasteiger charge is -1.97. The maximum absolute atomic E-state index is 9.44. The normalized spacial score (nSPS) is 6.71. The third kappa shape index (κ3) is 4.83. The molecule has 1 N–H and O–H groups in total. The van der Waals surface area contributed by atoms with Crippen molar-refractivity contribution < 1.29 is 9.90 Å². The second kappa shape index (κ2) is 3.04. The second-order valence-corrected chi connectivity index (χ2v) is 0.845. The van der Waals surface area contributed by atoms with Gasteiger partial charge in [-0.25, -0.2) is 0 Å². The summed E-state index contributed by atoms with van der Waals surface area (Å²) < 4.78 is 0. The molecule has 0 aliphatic rings. The van der Waals surface area contributed by atoms with Crippen LogP contribution in [0.25, 0.3) is 0 Å². The van der Waals surface area contributed by atoms with E-state index in [0.29, 0.717) is 0 Å². The van der Waals surface area contributed by atoms with E-state index in [1.165, 1.54) is 0 Å². The molecule has 0 unspecified atom stereocenters. The van der Waals surface area contributed by atoms with Crippen LogP contribution in [0.15, 0.2) is 0 Å². The Morgan fingerprint density at radius 3 is 2.71 bits per heavy atom. The summed E-state index contributed by atoms with van der Waals surface area (Å²) in [5, 5.41) is 11.3. The Morgan fingerprint density at radius 1 is 2.00 bits per heavy atom. The van der Waals surface area contributed by atoms with Crippen LogP contribution in [-0.2, 0) is 0 Å². The highest BCUT2D eigenvalue weighted by Crippen LogP contribution is 1.49. The molecule has 0 saturated carbocycles. The number of carbonyl (C=O) groups excluding carboxylic acids is 1. The second-order valence-electron chi connectivity index (χ2n) is 0.845. The first-order valence-electron chi connectivity index (χ1n) is 1.65. The van der Waals surface area contributed by atoms with Crippen molar-refractivity contribution in [1.82, 2.24) is 5.32 Å². The average Bonchev–Trinajstić information content (AvgIpc) is 1.61. The van der Waals surface area contributed by atoms with Gasteiger partial charge in [0.25, 0.3) is 0 Å². The molecule has 3 heteroatoms. The predicted octanol–water partition coefficient (Wildman–Crippen LogP) is -1.45. The van der Waals surface area contributed by atoms with Crippen molar-refractivity contribution in [3.63, 3.8) is 0 Å². The molecule has 0 rings (SSSR count). The van der Waals surface area contributed by atoms with Crippen molar-refractivity contribution >= 4 is 6.09 Å². The van der Waals surface area contributed by atoms with Gasteiger partial charge in [-0.3, -0.25) is 0 Å². The number of amides is 1. The Balaban J connectivity index is 3.02. The van der Waals surface area contributed by atoms with Gasteiger partial charge < -0.3 is 15.2 Å². The number of hydrogen-bond donors (Lipinski definition) is 1. The fourth-order valence-corrected chi connectivity index (χ4v) is 0.123. The summed E-state index contributed by atoms with van der Waals surface area (Å²) in [7, 11) is 0. The zero-order chi connectivity index (χ0) is 5.70. The molecule has 38 valence electrons. The zero-order valence-electron chi connectivity index (χ0n) is 3.60. The first-order chi connectivity index (χ1) is 3.27. The standard InChI is InChI=1S/C4H5NO2/c1-2-3-5-4(6)7/h1,5H,3H2,(H,6,7)/p-1. The van der Waals surface area contributed by atoms with E-state index in [0.717, 1.165) is 0 Å². The van der Waals surface area contributed by atoms with Gasteiger partial charge in [0.1, 0.15) is 6.09 Å². The van der Waals surface area contributed by atoms with Crippen LogP contribution in [0.2, 0.25) is 0 Å². The molecule has 0 spiro atoms. The highest BCUT2D eigenvalue weighted by molar-refractivity contribution is 5.62. The topological polar surface area (TPSA) is 52.2 Å². The Labute approximate surface area is 41.3 Å². The minimum Gasteiger partial charge on any atom is -0.530 e. The SMILES string of the molecule is C#CCNC(=O)[O-]. The average molecular weight is 98.1 g/mol. The summed E-state index contributed by atoms with van der Waals surface area (Å²) >= 11 is 0. The highest BCUT2D eigenvalue weighted by Gasteiger charge is 1.72. The molecule has 0 radical (unpaired) electrons. The number of rotatable bonds is 1. The third-order valence-corrected chi connectivity index (χ3v) is 0.335. The van der Waals surface area contributed by atoms with Crippen molar-refractivity contribution in [3.05, 3.63) is 0 Å². The Hall–Kier alpha value is -1.17. The van der Waals surface area contributed by atoms with Gasteiger partial charge in [-0.15, -0.1) is 6.42 Å². The molecule has 0 aromatic rings.